The second kappa shape index (κ2) is 32.4. The van der Waals surface area contributed by atoms with Gasteiger partial charge in [-0.1, -0.05) is 111 Å². The Bertz CT molecular complexity index is 927. The van der Waals surface area contributed by atoms with Gasteiger partial charge in [0.25, 0.3) is 0 Å². The molecule has 0 amide bonds. The van der Waals surface area contributed by atoms with E-state index in [1.165, 1.54) is 56.0 Å². The maximum Gasteiger partial charge on any atom is 0.303 e. The Morgan fingerprint density at radius 1 is 0.392 bits per heavy atom. The Labute approximate surface area is 310 Å². The zero-order valence-corrected chi connectivity index (χ0v) is 33.2. The van der Waals surface area contributed by atoms with Crippen LogP contribution in [0, 0.1) is 0 Å². The van der Waals surface area contributed by atoms with Gasteiger partial charge in [0.15, 0.2) is 0 Å². The normalized spacial score (nSPS) is 11.3. The fourth-order valence-electron chi connectivity index (χ4n) is 6.40. The molecular weight excluding hydrogens is 684 g/mol. The molecule has 0 atom stereocenters. The molecule has 0 unspecified atom stereocenters. The van der Waals surface area contributed by atoms with Crippen LogP contribution in [0.1, 0.15) is 154 Å². The average Bonchev–Trinajstić information content (AvgIpc) is 3.08. The Kier molecular flexibility index (Phi) is 29.7. The smallest absolute Gasteiger partial charge is 0.303 e. The summed E-state index contributed by atoms with van der Waals surface area (Å²) in [7, 11) is -0.457. The minimum atomic E-state index is -0.714. The molecule has 0 radical (unpaired) electrons. The molecule has 51 heavy (non-hydrogen) atoms. The fourth-order valence-corrected chi connectivity index (χ4v) is 11.8. The number of hydrogen-bond acceptors (Lipinski definition) is 5. The van der Waals surface area contributed by atoms with Gasteiger partial charge < -0.3 is 25.3 Å². The molecule has 1 aromatic rings. The quantitative estimate of drug-likeness (QED) is 0.0384. The number of para-hydroxylation sites is 1. The standard InChI is InChI=1S/C40H69NO8P2/c42-37(43)26-16-5-1-9-20-30-50(31-21-10-2-6-17-27-38(44)45)34-41(36-24-14-13-15-25-36)35-51(32-22-11-3-7-18-28-39(46)47)33-23-12-4-8-19-29-40(48)49/h13-15,24-25H,1-12,16-23,26-35H2,(H,42,43)(H,44,45)(H,46,47)(H,48,49). The first-order valence-corrected chi connectivity index (χ1v) is 23.6. The predicted octanol–water partition coefficient (Wildman–Crippen LogP) is 11.1. The van der Waals surface area contributed by atoms with Crippen molar-refractivity contribution in [3.8, 4) is 0 Å². The van der Waals surface area contributed by atoms with Gasteiger partial charge >= 0.3 is 23.9 Å². The van der Waals surface area contributed by atoms with Crippen LogP contribution < -0.4 is 4.90 Å². The number of benzene rings is 1. The third kappa shape index (κ3) is 30.0. The van der Waals surface area contributed by atoms with E-state index >= 15 is 0 Å². The number of hydrogen-bond donors (Lipinski definition) is 4. The lowest BCUT2D eigenvalue weighted by Crippen LogP contribution is -2.26. The molecule has 0 aromatic heterocycles. The molecule has 11 heteroatoms. The first-order valence-electron chi connectivity index (χ1n) is 19.8. The summed E-state index contributed by atoms with van der Waals surface area (Å²) < 4.78 is 0. The number of aliphatic carboxylic acids is 4. The van der Waals surface area contributed by atoms with Crippen molar-refractivity contribution in [2.45, 2.75) is 154 Å². The molecule has 292 valence electrons. The van der Waals surface area contributed by atoms with Crippen molar-refractivity contribution >= 4 is 45.4 Å². The molecule has 0 bridgehead atoms. The molecule has 0 aliphatic carbocycles. The van der Waals surface area contributed by atoms with Crippen molar-refractivity contribution in [3.05, 3.63) is 30.3 Å². The summed E-state index contributed by atoms with van der Waals surface area (Å²) in [6.07, 6.45) is 28.6. The summed E-state index contributed by atoms with van der Waals surface area (Å²) in [5, 5.41) is 35.8. The topological polar surface area (TPSA) is 152 Å². The van der Waals surface area contributed by atoms with Gasteiger partial charge in [-0.3, -0.25) is 19.2 Å². The lowest BCUT2D eigenvalue weighted by atomic mass is 10.1. The minimum Gasteiger partial charge on any atom is -0.481 e. The molecule has 1 rings (SSSR count). The van der Waals surface area contributed by atoms with Crippen LogP contribution in [0.15, 0.2) is 30.3 Å². The summed E-state index contributed by atoms with van der Waals surface area (Å²) in [5.41, 5.74) is 1.29. The van der Waals surface area contributed by atoms with Gasteiger partial charge in [0.2, 0.25) is 0 Å². The van der Waals surface area contributed by atoms with Crippen LogP contribution in [0.25, 0.3) is 0 Å². The SMILES string of the molecule is O=C(O)CCCCCCCP(CCCCCCCC(=O)O)CN(CP(CCCCCCCC(=O)O)CCCCCCCC(=O)O)c1ccccc1. The van der Waals surface area contributed by atoms with E-state index in [-0.39, 0.29) is 41.5 Å². The van der Waals surface area contributed by atoms with Gasteiger partial charge in [0, 0.05) is 43.9 Å². The fraction of sp³-hybridized carbons (Fsp3) is 0.750. The molecular formula is C40H69NO8P2. The van der Waals surface area contributed by atoms with E-state index in [1.807, 2.05) is 0 Å². The Morgan fingerprint density at radius 3 is 0.922 bits per heavy atom. The van der Waals surface area contributed by atoms with Crippen LogP contribution >= 0.6 is 15.8 Å². The summed E-state index contributed by atoms with van der Waals surface area (Å²) in [6, 6.07) is 10.8. The second-order valence-electron chi connectivity index (χ2n) is 14.0. The average molecular weight is 754 g/mol. The van der Waals surface area contributed by atoms with E-state index in [0.29, 0.717) is 0 Å². The van der Waals surface area contributed by atoms with Crippen molar-refractivity contribution in [2.24, 2.45) is 0 Å². The Hall–Kier alpha value is -2.24. The summed E-state index contributed by atoms with van der Waals surface area (Å²) in [6.45, 7) is 0. The number of nitrogens with zero attached hydrogens (tertiary/aromatic N) is 1. The van der Waals surface area contributed by atoms with Crippen molar-refractivity contribution in [2.75, 3.05) is 42.1 Å². The van der Waals surface area contributed by atoms with Crippen molar-refractivity contribution in [1.82, 2.24) is 0 Å². The molecule has 0 aliphatic rings. The Balaban J connectivity index is 2.90. The highest BCUT2D eigenvalue weighted by Gasteiger charge is 2.19. The van der Waals surface area contributed by atoms with Crippen LogP contribution in [-0.2, 0) is 19.2 Å². The van der Waals surface area contributed by atoms with Crippen LogP contribution in [-0.4, -0.2) is 81.5 Å². The second-order valence-corrected chi connectivity index (χ2v) is 19.1. The summed E-state index contributed by atoms with van der Waals surface area (Å²) >= 11 is 0. The van der Waals surface area contributed by atoms with Crippen LogP contribution in [0.5, 0.6) is 0 Å². The Morgan fingerprint density at radius 2 is 0.647 bits per heavy atom. The van der Waals surface area contributed by atoms with Crippen molar-refractivity contribution < 1.29 is 39.6 Å². The van der Waals surface area contributed by atoms with Crippen molar-refractivity contribution in [3.63, 3.8) is 0 Å². The van der Waals surface area contributed by atoms with Crippen LogP contribution in [0.4, 0.5) is 5.69 Å². The van der Waals surface area contributed by atoms with Gasteiger partial charge in [-0.05, 0) is 88.1 Å². The van der Waals surface area contributed by atoms with Crippen LogP contribution in [0.2, 0.25) is 0 Å². The highest BCUT2D eigenvalue weighted by molar-refractivity contribution is 7.58. The number of carboxylic acid groups (broad SMARTS) is 4. The molecule has 0 saturated heterocycles. The monoisotopic (exact) mass is 753 g/mol. The van der Waals surface area contributed by atoms with E-state index in [0.717, 1.165) is 115 Å². The number of anilines is 1. The third-order valence-corrected chi connectivity index (χ3v) is 14.6. The first-order chi connectivity index (χ1) is 24.7. The van der Waals surface area contributed by atoms with Crippen molar-refractivity contribution in [1.29, 1.82) is 0 Å². The number of carbonyl (C=O) groups is 4. The van der Waals surface area contributed by atoms with Gasteiger partial charge in [0.1, 0.15) is 0 Å². The highest BCUT2D eigenvalue weighted by Crippen LogP contribution is 2.45. The molecule has 0 saturated carbocycles. The molecule has 4 N–H and O–H groups in total. The highest BCUT2D eigenvalue weighted by atomic mass is 31.1. The predicted molar refractivity (Wildman–Crippen MR) is 213 cm³/mol. The van der Waals surface area contributed by atoms with Gasteiger partial charge in [0.05, 0.1) is 0 Å². The molecule has 9 nitrogen and oxygen atoms in total. The van der Waals surface area contributed by atoms with Gasteiger partial charge in [-0.15, -0.1) is 0 Å². The molecule has 0 aliphatic heterocycles. The third-order valence-electron chi connectivity index (χ3n) is 9.32. The van der Waals surface area contributed by atoms with E-state index in [9.17, 15) is 19.2 Å². The molecule has 0 heterocycles. The molecule has 0 fully saturated rings. The number of unbranched alkanes of at least 4 members (excludes halogenated alkanes) is 16. The minimum absolute atomic E-state index is 0.228. The number of rotatable bonds is 37. The molecule has 0 spiro atoms. The lowest BCUT2D eigenvalue weighted by Gasteiger charge is -2.34. The summed E-state index contributed by atoms with van der Waals surface area (Å²) in [4.78, 5) is 46.2. The largest absolute Gasteiger partial charge is 0.481 e. The maximum absolute atomic E-state index is 10.9. The molecule has 1 aromatic carbocycles. The zero-order chi connectivity index (χ0) is 37.4. The maximum atomic E-state index is 10.9. The van der Waals surface area contributed by atoms with E-state index < -0.39 is 23.9 Å². The van der Waals surface area contributed by atoms with Gasteiger partial charge in [-0.2, -0.15) is 0 Å². The van der Waals surface area contributed by atoms with Gasteiger partial charge in [-0.25, -0.2) is 0 Å². The number of carboxylic acids is 4. The summed E-state index contributed by atoms with van der Waals surface area (Å²) in [5.74, 6) is -2.86. The lowest BCUT2D eigenvalue weighted by molar-refractivity contribution is -0.138. The zero-order valence-electron chi connectivity index (χ0n) is 31.4. The van der Waals surface area contributed by atoms with Crippen LogP contribution in [0.3, 0.4) is 0 Å². The van der Waals surface area contributed by atoms with E-state index in [4.69, 9.17) is 20.4 Å². The van der Waals surface area contributed by atoms with E-state index in [2.05, 4.69) is 35.2 Å². The first kappa shape index (κ1) is 46.8. The van der Waals surface area contributed by atoms with E-state index in [1.54, 1.807) is 0 Å².